The number of benzene rings is 3. The lowest BCUT2D eigenvalue weighted by Crippen LogP contribution is -2.14. The van der Waals surface area contributed by atoms with Crippen LogP contribution in [-0.4, -0.2) is 15.5 Å². The molecule has 0 saturated carbocycles. The first-order chi connectivity index (χ1) is 16.9. The first-order valence-electron chi connectivity index (χ1n) is 10.7. The highest BCUT2D eigenvalue weighted by molar-refractivity contribution is 6.35. The minimum Gasteiger partial charge on any atom is -0.327 e. The molecule has 1 amide bonds. The zero-order chi connectivity index (χ0) is 24.5. The molecule has 2 heterocycles. The van der Waals surface area contributed by atoms with Crippen molar-refractivity contribution in [2.75, 3.05) is 5.32 Å². The molecule has 0 unspecified atom stereocenters. The molecule has 8 heteroatoms. The summed E-state index contributed by atoms with van der Waals surface area (Å²) in [6.07, 6.45) is 1.60. The minimum atomic E-state index is -0.862. The smallest absolute Gasteiger partial charge is 0.258 e. The second-order valence-corrected chi connectivity index (χ2v) is 8.73. The van der Waals surface area contributed by atoms with Crippen LogP contribution < -0.4 is 5.32 Å². The summed E-state index contributed by atoms with van der Waals surface area (Å²) in [5, 5.41) is 3.86. The van der Waals surface area contributed by atoms with Gasteiger partial charge < -0.3 is 9.88 Å². The van der Waals surface area contributed by atoms with Crippen LogP contribution in [0.25, 0.3) is 22.3 Å². The summed E-state index contributed by atoms with van der Waals surface area (Å²) in [5.74, 6) is -2.38. The number of para-hydroxylation sites is 1. The predicted molar refractivity (Wildman–Crippen MR) is 135 cm³/mol. The molecular formula is C27H17Cl2F2N3O. The highest BCUT2D eigenvalue weighted by Gasteiger charge is 2.20. The van der Waals surface area contributed by atoms with Crippen molar-refractivity contribution in [1.82, 2.24) is 9.55 Å². The highest BCUT2D eigenvalue weighted by atomic mass is 35.5. The molecule has 5 rings (SSSR count). The number of amides is 1. The van der Waals surface area contributed by atoms with Crippen molar-refractivity contribution in [2.45, 2.75) is 6.54 Å². The summed E-state index contributed by atoms with van der Waals surface area (Å²) in [6, 6.07) is 21.8. The molecule has 5 aromatic rings. The number of carbonyl (C=O) groups excluding carboxylic acids is 1. The Bertz CT molecular complexity index is 1550. The van der Waals surface area contributed by atoms with Gasteiger partial charge in [-0.05, 0) is 42.0 Å². The molecule has 0 spiro atoms. The molecule has 174 valence electrons. The van der Waals surface area contributed by atoms with E-state index in [-0.39, 0.29) is 5.56 Å². The van der Waals surface area contributed by atoms with Crippen LogP contribution in [0.5, 0.6) is 0 Å². The maximum atomic E-state index is 14.2. The van der Waals surface area contributed by atoms with Crippen molar-refractivity contribution >= 4 is 45.8 Å². The van der Waals surface area contributed by atoms with Gasteiger partial charge in [0, 0.05) is 27.2 Å². The minimum absolute atomic E-state index is 0.222. The van der Waals surface area contributed by atoms with E-state index in [0.29, 0.717) is 33.3 Å². The van der Waals surface area contributed by atoms with Gasteiger partial charge in [-0.3, -0.25) is 4.79 Å². The van der Waals surface area contributed by atoms with Crippen molar-refractivity contribution in [3.05, 3.63) is 118 Å². The van der Waals surface area contributed by atoms with Gasteiger partial charge in [-0.1, -0.05) is 65.7 Å². The van der Waals surface area contributed by atoms with Crippen LogP contribution >= 0.6 is 23.2 Å². The molecule has 3 aromatic carbocycles. The van der Waals surface area contributed by atoms with E-state index >= 15 is 0 Å². The number of aromatic nitrogens is 2. The van der Waals surface area contributed by atoms with Crippen LogP contribution in [0.3, 0.4) is 0 Å². The Morgan fingerprint density at radius 2 is 1.66 bits per heavy atom. The van der Waals surface area contributed by atoms with Gasteiger partial charge in [0.25, 0.3) is 5.91 Å². The fraction of sp³-hybridized carbons (Fsp3) is 0.0370. The summed E-state index contributed by atoms with van der Waals surface area (Å²) in [6.45, 7) is 0.305. The van der Waals surface area contributed by atoms with Crippen LogP contribution in [0.15, 0.2) is 85.1 Å². The lowest BCUT2D eigenvalue weighted by molar-refractivity contribution is 0.102. The van der Waals surface area contributed by atoms with Crippen LogP contribution in [-0.2, 0) is 6.54 Å². The molecule has 0 aliphatic heterocycles. The van der Waals surface area contributed by atoms with Gasteiger partial charge in [-0.15, -0.1) is 0 Å². The Labute approximate surface area is 209 Å². The predicted octanol–water partition coefficient (Wildman–Crippen LogP) is 7.59. The molecule has 4 nitrogen and oxygen atoms in total. The molecule has 1 N–H and O–H groups in total. The second-order valence-electron chi connectivity index (χ2n) is 7.89. The van der Waals surface area contributed by atoms with Gasteiger partial charge in [-0.25, -0.2) is 13.8 Å². The van der Waals surface area contributed by atoms with Gasteiger partial charge >= 0.3 is 0 Å². The van der Waals surface area contributed by atoms with Crippen LogP contribution in [0.2, 0.25) is 10.0 Å². The molecule has 0 bridgehead atoms. The van der Waals surface area contributed by atoms with Gasteiger partial charge in [0.1, 0.15) is 23.0 Å². The van der Waals surface area contributed by atoms with E-state index in [1.807, 2.05) is 30.3 Å². The number of carbonyl (C=O) groups is 1. The van der Waals surface area contributed by atoms with E-state index in [1.54, 1.807) is 41.1 Å². The molecular weight excluding hydrogens is 491 g/mol. The quantitative estimate of drug-likeness (QED) is 0.266. The summed E-state index contributed by atoms with van der Waals surface area (Å²) >= 11 is 12.4. The topological polar surface area (TPSA) is 46.9 Å². The molecule has 35 heavy (non-hydrogen) atoms. The summed E-state index contributed by atoms with van der Waals surface area (Å²) in [5.41, 5.74) is 2.63. The number of nitrogens with one attached hydrogen (secondary N) is 1. The van der Waals surface area contributed by atoms with E-state index in [1.165, 1.54) is 6.07 Å². The lowest BCUT2D eigenvalue weighted by Gasteiger charge is -2.08. The van der Waals surface area contributed by atoms with Crippen LogP contribution in [0.1, 0.15) is 15.9 Å². The van der Waals surface area contributed by atoms with E-state index in [9.17, 15) is 13.6 Å². The summed E-state index contributed by atoms with van der Waals surface area (Å²) < 4.78 is 30.1. The first kappa shape index (κ1) is 23.0. The standard InChI is InChI=1S/C27H17Cl2F2N3O/c28-18-10-9-17(21(29)13-18)14-34-15-20(27(35)33-25-22(30)7-4-8-23(25)31)19-11-12-24(32-26(19)34)16-5-2-1-3-6-16/h1-13,15H,14H2,(H,33,35). The monoisotopic (exact) mass is 507 g/mol. The van der Waals surface area contributed by atoms with Crippen molar-refractivity contribution in [2.24, 2.45) is 0 Å². The number of pyridine rings is 1. The Balaban J connectivity index is 1.61. The average Bonchev–Trinajstić information content (AvgIpc) is 3.21. The Morgan fingerprint density at radius 1 is 0.914 bits per heavy atom. The van der Waals surface area contributed by atoms with Crippen LogP contribution in [0.4, 0.5) is 14.5 Å². The maximum Gasteiger partial charge on any atom is 0.258 e. The number of rotatable bonds is 5. The van der Waals surface area contributed by atoms with Gasteiger partial charge in [0.15, 0.2) is 0 Å². The molecule has 0 radical (unpaired) electrons. The Morgan fingerprint density at radius 3 is 2.37 bits per heavy atom. The van der Waals surface area contributed by atoms with Crippen LogP contribution in [0, 0.1) is 11.6 Å². The molecule has 0 aliphatic carbocycles. The number of anilines is 1. The molecule has 0 fully saturated rings. The Kier molecular flexibility index (Phi) is 6.24. The molecule has 0 aliphatic rings. The molecule has 0 atom stereocenters. The second kappa shape index (κ2) is 9.49. The molecule has 2 aromatic heterocycles. The lowest BCUT2D eigenvalue weighted by atomic mass is 10.1. The van der Waals surface area contributed by atoms with Crippen molar-refractivity contribution < 1.29 is 13.6 Å². The zero-order valence-corrected chi connectivity index (χ0v) is 19.6. The molecule has 0 saturated heterocycles. The van der Waals surface area contributed by atoms with Gasteiger partial charge in [0.05, 0.1) is 17.8 Å². The number of fused-ring (bicyclic) bond motifs is 1. The fourth-order valence-electron chi connectivity index (χ4n) is 3.87. The largest absolute Gasteiger partial charge is 0.327 e. The average molecular weight is 508 g/mol. The Hall–Kier alpha value is -3.74. The van der Waals surface area contributed by atoms with E-state index in [2.05, 4.69) is 5.32 Å². The van der Waals surface area contributed by atoms with Gasteiger partial charge in [-0.2, -0.15) is 0 Å². The van der Waals surface area contributed by atoms with Crippen molar-refractivity contribution in [3.63, 3.8) is 0 Å². The third kappa shape index (κ3) is 4.63. The number of nitrogens with zero attached hydrogens (tertiary/aromatic N) is 2. The number of halogens is 4. The first-order valence-corrected chi connectivity index (χ1v) is 11.4. The third-order valence-electron chi connectivity index (χ3n) is 5.59. The number of hydrogen-bond acceptors (Lipinski definition) is 2. The number of hydrogen-bond donors (Lipinski definition) is 1. The van der Waals surface area contributed by atoms with Gasteiger partial charge in [0.2, 0.25) is 0 Å². The highest BCUT2D eigenvalue weighted by Crippen LogP contribution is 2.29. The maximum absolute atomic E-state index is 14.2. The van der Waals surface area contributed by atoms with E-state index in [4.69, 9.17) is 28.2 Å². The van der Waals surface area contributed by atoms with E-state index < -0.39 is 23.2 Å². The summed E-state index contributed by atoms with van der Waals surface area (Å²) in [7, 11) is 0. The zero-order valence-electron chi connectivity index (χ0n) is 18.1. The van der Waals surface area contributed by atoms with E-state index in [0.717, 1.165) is 23.3 Å². The summed E-state index contributed by atoms with van der Waals surface area (Å²) in [4.78, 5) is 17.9. The van der Waals surface area contributed by atoms with Crippen molar-refractivity contribution in [1.29, 1.82) is 0 Å². The normalized spacial score (nSPS) is 11.1. The third-order valence-corrected chi connectivity index (χ3v) is 6.18. The van der Waals surface area contributed by atoms with Crippen molar-refractivity contribution in [3.8, 4) is 11.3 Å². The SMILES string of the molecule is O=C(Nc1c(F)cccc1F)c1cn(Cc2ccc(Cl)cc2Cl)c2nc(-c3ccccc3)ccc12. The fourth-order valence-corrected chi connectivity index (χ4v) is 4.34.